The Hall–Kier alpha value is -3.18. The number of ether oxygens (including phenoxy) is 2. The van der Waals surface area contributed by atoms with E-state index in [-0.39, 0.29) is 30.1 Å². The van der Waals surface area contributed by atoms with Crippen LogP contribution in [0.1, 0.15) is 17.9 Å². The molecule has 0 spiro atoms. The monoisotopic (exact) mass is 418 g/mol. The van der Waals surface area contributed by atoms with Gasteiger partial charge in [0.05, 0.1) is 5.92 Å². The van der Waals surface area contributed by atoms with Gasteiger partial charge in [0.1, 0.15) is 18.1 Å². The number of nitrogens with one attached hydrogen (secondary N) is 2. The summed E-state index contributed by atoms with van der Waals surface area (Å²) >= 11 is 0. The second kappa shape index (κ2) is 9.55. The maximum atomic E-state index is 12.6. The number of halogens is 3. The van der Waals surface area contributed by atoms with Gasteiger partial charge >= 0.3 is 6.36 Å². The summed E-state index contributed by atoms with van der Waals surface area (Å²) in [6.07, 6.45) is 1.08. The van der Waals surface area contributed by atoms with Crippen molar-refractivity contribution >= 4 is 11.6 Å². The molecule has 8 heteroatoms. The summed E-state index contributed by atoms with van der Waals surface area (Å²) < 4.78 is 45.9. The Morgan fingerprint density at radius 1 is 1.10 bits per heavy atom. The molecule has 3 rings (SSSR count). The number of terminal acetylenes is 1. The molecule has 0 saturated carbocycles. The lowest BCUT2D eigenvalue weighted by Gasteiger charge is -2.29. The van der Waals surface area contributed by atoms with Gasteiger partial charge in [-0.15, -0.1) is 19.6 Å². The second-order valence-corrected chi connectivity index (χ2v) is 6.91. The first kappa shape index (κ1) is 21.5. The van der Waals surface area contributed by atoms with Gasteiger partial charge < -0.3 is 20.1 Å². The molecule has 2 aromatic carbocycles. The van der Waals surface area contributed by atoms with Crippen LogP contribution in [0.25, 0.3) is 0 Å². The van der Waals surface area contributed by atoms with Crippen molar-refractivity contribution in [3.8, 4) is 23.8 Å². The number of anilines is 1. The van der Waals surface area contributed by atoms with E-state index < -0.39 is 6.36 Å². The van der Waals surface area contributed by atoms with E-state index in [9.17, 15) is 18.0 Å². The molecule has 1 aliphatic rings. The number of piperidine rings is 1. The molecule has 0 aliphatic carbocycles. The predicted molar refractivity (Wildman–Crippen MR) is 106 cm³/mol. The van der Waals surface area contributed by atoms with E-state index in [1.165, 1.54) is 12.1 Å². The number of carbonyl (C=O) groups excluding carboxylic acids is 1. The minimum Gasteiger partial charge on any atom is -0.481 e. The molecule has 0 aromatic heterocycles. The van der Waals surface area contributed by atoms with Crippen LogP contribution in [-0.4, -0.2) is 32.0 Å². The van der Waals surface area contributed by atoms with Gasteiger partial charge in [0.15, 0.2) is 0 Å². The first-order valence-corrected chi connectivity index (χ1v) is 9.37. The Kier molecular flexibility index (Phi) is 6.85. The van der Waals surface area contributed by atoms with E-state index in [0.717, 1.165) is 24.2 Å². The van der Waals surface area contributed by atoms with Crippen molar-refractivity contribution < 1.29 is 27.4 Å². The molecule has 2 N–H and O–H groups in total. The van der Waals surface area contributed by atoms with Crippen molar-refractivity contribution in [2.24, 2.45) is 5.92 Å². The molecule has 1 amide bonds. The van der Waals surface area contributed by atoms with Crippen LogP contribution in [0.2, 0.25) is 0 Å². The summed E-state index contributed by atoms with van der Waals surface area (Å²) in [5.74, 6) is 2.45. The Morgan fingerprint density at radius 2 is 1.77 bits per heavy atom. The topological polar surface area (TPSA) is 59.6 Å². The molecule has 30 heavy (non-hydrogen) atoms. The number of hydrogen-bond donors (Lipinski definition) is 2. The molecule has 0 bridgehead atoms. The van der Waals surface area contributed by atoms with Crippen LogP contribution in [0.5, 0.6) is 11.5 Å². The first-order valence-electron chi connectivity index (χ1n) is 9.37. The van der Waals surface area contributed by atoms with E-state index >= 15 is 0 Å². The van der Waals surface area contributed by atoms with Gasteiger partial charge in [-0.25, -0.2) is 0 Å². The van der Waals surface area contributed by atoms with Gasteiger partial charge in [0, 0.05) is 18.8 Å². The zero-order valence-electron chi connectivity index (χ0n) is 16.0. The normalized spacial score (nSPS) is 18.9. The maximum absolute atomic E-state index is 12.6. The van der Waals surface area contributed by atoms with E-state index in [1.807, 2.05) is 24.3 Å². The summed E-state index contributed by atoms with van der Waals surface area (Å²) in [6, 6.07) is 12.7. The second-order valence-electron chi connectivity index (χ2n) is 6.91. The minimum absolute atomic E-state index is 0.152. The van der Waals surface area contributed by atoms with E-state index in [2.05, 4.69) is 21.3 Å². The third kappa shape index (κ3) is 6.16. The van der Waals surface area contributed by atoms with Gasteiger partial charge in [0.25, 0.3) is 0 Å². The Labute approximate surface area is 172 Å². The number of benzene rings is 2. The van der Waals surface area contributed by atoms with Crippen molar-refractivity contribution in [3.05, 3.63) is 54.1 Å². The third-order valence-corrected chi connectivity index (χ3v) is 4.75. The van der Waals surface area contributed by atoms with E-state index in [1.54, 1.807) is 0 Å². The summed E-state index contributed by atoms with van der Waals surface area (Å²) in [7, 11) is 0. The van der Waals surface area contributed by atoms with Crippen molar-refractivity contribution in [2.45, 2.75) is 18.7 Å². The Morgan fingerprint density at radius 3 is 2.40 bits per heavy atom. The van der Waals surface area contributed by atoms with Crippen LogP contribution < -0.4 is 20.1 Å². The average Bonchev–Trinajstić information content (AvgIpc) is 2.73. The van der Waals surface area contributed by atoms with Gasteiger partial charge in [-0.1, -0.05) is 18.1 Å². The predicted octanol–water partition coefficient (Wildman–Crippen LogP) is 3.93. The van der Waals surface area contributed by atoms with Crippen molar-refractivity contribution in [1.29, 1.82) is 0 Å². The van der Waals surface area contributed by atoms with Gasteiger partial charge in [-0.2, -0.15) is 0 Å². The minimum atomic E-state index is -4.75. The molecule has 158 valence electrons. The summed E-state index contributed by atoms with van der Waals surface area (Å²) in [6.45, 7) is 1.48. The van der Waals surface area contributed by atoms with Crippen LogP contribution in [0.15, 0.2) is 48.5 Å². The summed E-state index contributed by atoms with van der Waals surface area (Å²) in [5.41, 5.74) is 1.49. The molecule has 1 saturated heterocycles. The molecule has 0 radical (unpaired) electrons. The number of carbonyl (C=O) groups is 1. The largest absolute Gasteiger partial charge is 0.573 e. The van der Waals surface area contributed by atoms with Crippen LogP contribution in [0, 0.1) is 18.3 Å². The fraction of sp³-hybridized carbons (Fsp3) is 0.318. The molecule has 1 fully saturated rings. The third-order valence-electron chi connectivity index (χ3n) is 4.75. The summed E-state index contributed by atoms with van der Waals surface area (Å²) in [4.78, 5) is 12.6. The number of alkyl halides is 3. The molecule has 5 nitrogen and oxygen atoms in total. The van der Waals surface area contributed by atoms with E-state index in [4.69, 9.17) is 11.2 Å². The van der Waals surface area contributed by atoms with Crippen molar-refractivity contribution in [1.82, 2.24) is 5.32 Å². The highest BCUT2D eigenvalue weighted by Gasteiger charge is 2.31. The maximum Gasteiger partial charge on any atom is 0.573 e. The fourth-order valence-corrected chi connectivity index (χ4v) is 3.34. The van der Waals surface area contributed by atoms with Crippen LogP contribution in [0.4, 0.5) is 18.9 Å². The molecule has 1 heterocycles. The first-order chi connectivity index (χ1) is 14.3. The van der Waals surface area contributed by atoms with E-state index in [0.29, 0.717) is 24.4 Å². The molecular weight excluding hydrogens is 397 g/mol. The lowest BCUT2D eigenvalue weighted by atomic mass is 9.85. The molecule has 0 unspecified atom stereocenters. The lowest BCUT2D eigenvalue weighted by Crippen LogP contribution is -2.40. The van der Waals surface area contributed by atoms with Gasteiger partial charge in [0.2, 0.25) is 5.91 Å². The lowest BCUT2D eigenvalue weighted by molar-refractivity contribution is -0.274. The zero-order chi connectivity index (χ0) is 21.6. The summed E-state index contributed by atoms with van der Waals surface area (Å²) in [5, 5.41) is 6.02. The van der Waals surface area contributed by atoms with Gasteiger partial charge in [-0.3, -0.25) is 4.79 Å². The fourth-order valence-electron chi connectivity index (χ4n) is 3.34. The number of rotatable bonds is 6. The van der Waals surface area contributed by atoms with Crippen LogP contribution in [-0.2, 0) is 4.79 Å². The molecule has 2 aromatic rings. The molecular formula is C22H21F3N2O3. The highest BCUT2D eigenvalue weighted by Crippen LogP contribution is 2.29. The smallest absolute Gasteiger partial charge is 0.481 e. The number of hydrogen-bond acceptors (Lipinski definition) is 4. The highest BCUT2D eigenvalue weighted by atomic mass is 19.4. The average molecular weight is 418 g/mol. The van der Waals surface area contributed by atoms with Gasteiger partial charge in [-0.05, 0) is 54.3 Å². The highest BCUT2D eigenvalue weighted by molar-refractivity contribution is 5.92. The van der Waals surface area contributed by atoms with Crippen molar-refractivity contribution in [3.63, 3.8) is 0 Å². The standard InChI is InChI=1S/C22H21F3N2O3/c1-2-11-29-19-7-3-15(4-8-19)16-12-17(14-26-13-16)21(28)27-18-5-9-20(10-6-18)30-22(23,24)25/h1,3-10,16-17,26H,11-14H2,(H,27,28)/t16-,17-/m0/s1. The van der Waals surface area contributed by atoms with Crippen LogP contribution >= 0.6 is 0 Å². The number of amides is 1. The molecule has 1 aliphatic heterocycles. The Bertz CT molecular complexity index is 890. The molecule has 2 atom stereocenters. The zero-order valence-corrected chi connectivity index (χ0v) is 16.0. The van der Waals surface area contributed by atoms with Crippen molar-refractivity contribution in [2.75, 3.05) is 25.0 Å². The quantitative estimate of drug-likeness (QED) is 0.698. The van der Waals surface area contributed by atoms with Crippen LogP contribution in [0.3, 0.4) is 0 Å². The Balaban J connectivity index is 1.57. The SMILES string of the molecule is C#CCOc1ccc([C@@H]2CNC[C@@H](C(=O)Nc3ccc(OC(F)(F)F)cc3)C2)cc1.